The second kappa shape index (κ2) is 6.33. The van der Waals surface area contributed by atoms with Crippen LogP contribution in [0.5, 0.6) is 0 Å². The third kappa shape index (κ3) is 2.87. The molecule has 0 spiro atoms. The fourth-order valence-corrected chi connectivity index (χ4v) is 2.54. The standard InChI is InChI=1S/C17H14N4O3/c18-16(22)14-12-8-4-5-9-13(12)20-17(21(23)24)15(14)19-10-11-6-2-1-3-7-11/h1-9,19H,10H2,(H2,18,22). The Kier molecular flexibility index (Phi) is 4.07. The molecule has 1 aromatic heterocycles. The van der Waals surface area contributed by atoms with Crippen molar-refractivity contribution in [1.29, 1.82) is 0 Å². The SMILES string of the molecule is NC(=O)c1c(NCc2ccccc2)c([N+](=O)[O-])nc2ccccc12. The molecular formula is C17H14N4O3. The fraction of sp³-hybridized carbons (Fsp3) is 0.0588. The molecule has 7 nitrogen and oxygen atoms in total. The zero-order valence-electron chi connectivity index (χ0n) is 12.6. The first-order chi connectivity index (χ1) is 11.6. The number of nitrogens with zero attached hydrogens (tertiary/aromatic N) is 2. The van der Waals surface area contributed by atoms with Crippen LogP contribution in [0.4, 0.5) is 11.5 Å². The summed E-state index contributed by atoms with van der Waals surface area (Å²) in [4.78, 5) is 26.8. The summed E-state index contributed by atoms with van der Waals surface area (Å²) >= 11 is 0. The first-order valence-electron chi connectivity index (χ1n) is 7.22. The van der Waals surface area contributed by atoms with Gasteiger partial charge in [-0.15, -0.1) is 0 Å². The summed E-state index contributed by atoms with van der Waals surface area (Å²) in [5.74, 6) is -1.16. The summed E-state index contributed by atoms with van der Waals surface area (Å²) in [6, 6.07) is 16.0. The number of nitrogens with two attached hydrogens (primary N) is 1. The number of anilines is 1. The van der Waals surface area contributed by atoms with Gasteiger partial charge in [-0.3, -0.25) is 4.79 Å². The molecule has 120 valence electrons. The van der Waals surface area contributed by atoms with Gasteiger partial charge in [0.05, 0.1) is 5.56 Å². The number of amides is 1. The van der Waals surface area contributed by atoms with Gasteiger partial charge in [-0.25, -0.2) is 0 Å². The van der Waals surface area contributed by atoms with Gasteiger partial charge in [-0.2, -0.15) is 0 Å². The maximum atomic E-state index is 12.0. The van der Waals surface area contributed by atoms with Crippen molar-refractivity contribution >= 4 is 28.3 Å². The first-order valence-corrected chi connectivity index (χ1v) is 7.22. The molecule has 0 atom stereocenters. The molecular weight excluding hydrogens is 308 g/mol. The molecule has 0 saturated heterocycles. The Balaban J connectivity index is 2.16. The van der Waals surface area contributed by atoms with Crippen LogP contribution >= 0.6 is 0 Å². The van der Waals surface area contributed by atoms with Crippen LogP contribution in [-0.2, 0) is 6.54 Å². The predicted octanol–water partition coefficient (Wildman–Crippen LogP) is 2.85. The van der Waals surface area contributed by atoms with E-state index in [-0.39, 0.29) is 11.3 Å². The average Bonchev–Trinajstić information content (AvgIpc) is 2.59. The van der Waals surface area contributed by atoms with Gasteiger partial charge in [0.2, 0.25) is 0 Å². The van der Waals surface area contributed by atoms with Crippen LogP contribution in [0.25, 0.3) is 10.9 Å². The minimum absolute atomic E-state index is 0.0371. The molecule has 7 heteroatoms. The number of carbonyl (C=O) groups is 1. The van der Waals surface area contributed by atoms with Crippen molar-refractivity contribution in [2.45, 2.75) is 6.54 Å². The van der Waals surface area contributed by atoms with Crippen LogP contribution in [0.15, 0.2) is 54.6 Å². The molecule has 0 aliphatic carbocycles. The van der Waals surface area contributed by atoms with Gasteiger partial charge in [-0.05, 0) is 27.6 Å². The molecule has 24 heavy (non-hydrogen) atoms. The van der Waals surface area contributed by atoms with Gasteiger partial charge in [0.15, 0.2) is 5.52 Å². The molecule has 0 unspecified atom stereocenters. The fourth-order valence-electron chi connectivity index (χ4n) is 2.54. The monoisotopic (exact) mass is 322 g/mol. The minimum Gasteiger partial charge on any atom is -0.373 e. The van der Waals surface area contributed by atoms with E-state index in [0.717, 1.165) is 5.56 Å². The lowest BCUT2D eigenvalue weighted by Gasteiger charge is -2.12. The quantitative estimate of drug-likeness (QED) is 0.554. The number of pyridine rings is 1. The van der Waals surface area contributed by atoms with Gasteiger partial charge >= 0.3 is 5.82 Å². The van der Waals surface area contributed by atoms with Gasteiger partial charge in [0.1, 0.15) is 5.69 Å². The molecule has 0 aliphatic heterocycles. The number of carbonyl (C=O) groups excluding carboxylic acids is 1. The molecule has 1 heterocycles. The number of primary amides is 1. The van der Waals surface area contributed by atoms with Crippen molar-refractivity contribution in [2.75, 3.05) is 5.32 Å². The maximum Gasteiger partial charge on any atom is 0.388 e. The van der Waals surface area contributed by atoms with E-state index in [1.54, 1.807) is 24.3 Å². The summed E-state index contributed by atoms with van der Waals surface area (Å²) < 4.78 is 0. The van der Waals surface area contributed by atoms with Crippen LogP contribution in [-0.4, -0.2) is 15.8 Å². The van der Waals surface area contributed by atoms with Crippen molar-refractivity contribution in [2.24, 2.45) is 5.73 Å². The Morgan fingerprint density at radius 2 is 1.79 bits per heavy atom. The molecule has 1 amide bonds. The maximum absolute atomic E-state index is 12.0. The molecule has 0 saturated carbocycles. The van der Waals surface area contributed by atoms with E-state index in [1.807, 2.05) is 30.3 Å². The summed E-state index contributed by atoms with van der Waals surface area (Å²) in [7, 11) is 0. The molecule has 0 radical (unpaired) electrons. The summed E-state index contributed by atoms with van der Waals surface area (Å²) in [5.41, 5.74) is 6.86. The Hall–Kier alpha value is -3.48. The van der Waals surface area contributed by atoms with Crippen LogP contribution < -0.4 is 11.1 Å². The third-order valence-electron chi connectivity index (χ3n) is 3.60. The van der Waals surface area contributed by atoms with E-state index in [4.69, 9.17) is 5.73 Å². The van der Waals surface area contributed by atoms with E-state index >= 15 is 0 Å². The number of hydrogen-bond donors (Lipinski definition) is 2. The van der Waals surface area contributed by atoms with E-state index in [9.17, 15) is 14.9 Å². The Morgan fingerprint density at radius 1 is 1.12 bits per heavy atom. The molecule has 3 N–H and O–H groups in total. The van der Waals surface area contributed by atoms with Gasteiger partial charge < -0.3 is 21.2 Å². The smallest absolute Gasteiger partial charge is 0.373 e. The number of para-hydroxylation sites is 1. The minimum atomic E-state index is -0.743. The first kappa shape index (κ1) is 15.4. The average molecular weight is 322 g/mol. The van der Waals surface area contributed by atoms with Crippen molar-refractivity contribution in [3.63, 3.8) is 0 Å². The highest BCUT2D eigenvalue weighted by Gasteiger charge is 2.26. The lowest BCUT2D eigenvalue weighted by molar-refractivity contribution is -0.388. The number of benzene rings is 2. The predicted molar refractivity (Wildman–Crippen MR) is 90.7 cm³/mol. The van der Waals surface area contributed by atoms with Gasteiger partial charge in [0, 0.05) is 11.9 Å². The molecule has 3 aromatic rings. The number of fused-ring (bicyclic) bond motifs is 1. The van der Waals surface area contributed by atoms with Crippen molar-refractivity contribution in [3.8, 4) is 0 Å². The van der Waals surface area contributed by atoms with Crippen LogP contribution in [0.2, 0.25) is 0 Å². The zero-order valence-corrected chi connectivity index (χ0v) is 12.6. The number of rotatable bonds is 5. The number of aromatic nitrogens is 1. The number of hydrogen-bond acceptors (Lipinski definition) is 5. The highest BCUT2D eigenvalue weighted by Crippen LogP contribution is 2.32. The number of nitro groups is 1. The van der Waals surface area contributed by atoms with E-state index in [0.29, 0.717) is 17.4 Å². The second-order valence-electron chi connectivity index (χ2n) is 5.16. The highest BCUT2D eigenvalue weighted by atomic mass is 16.6. The van der Waals surface area contributed by atoms with Gasteiger partial charge in [-0.1, -0.05) is 42.5 Å². The normalized spacial score (nSPS) is 10.5. The Labute approximate surface area is 137 Å². The van der Waals surface area contributed by atoms with Crippen molar-refractivity contribution in [3.05, 3.63) is 75.8 Å². The Bertz CT molecular complexity index is 926. The zero-order chi connectivity index (χ0) is 17.1. The summed E-state index contributed by atoms with van der Waals surface area (Å²) in [6.45, 7) is 0.308. The lowest BCUT2D eigenvalue weighted by Crippen LogP contribution is -2.17. The van der Waals surface area contributed by atoms with E-state index in [1.165, 1.54) is 0 Å². The highest BCUT2D eigenvalue weighted by molar-refractivity contribution is 6.11. The molecule has 2 aromatic carbocycles. The van der Waals surface area contributed by atoms with E-state index in [2.05, 4.69) is 10.3 Å². The lowest BCUT2D eigenvalue weighted by atomic mass is 10.1. The third-order valence-corrected chi connectivity index (χ3v) is 3.60. The summed E-state index contributed by atoms with van der Waals surface area (Å²) in [6.07, 6.45) is 0. The van der Waals surface area contributed by atoms with Crippen LogP contribution in [0, 0.1) is 10.1 Å². The van der Waals surface area contributed by atoms with E-state index < -0.39 is 16.6 Å². The van der Waals surface area contributed by atoms with Crippen molar-refractivity contribution < 1.29 is 9.72 Å². The largest absolute Gasteiger partial charge is 0.388 e. The second-order valence-corrected chi connectivity index (χ2v) is 5.16. The van der Waals surface area contributed by atoms with Crippen LogP contribution in [0.1, 0.15) is 15.9 Å². The van der Waals surface area contributed by atoms with Crippen LogP contribution in [0.3, 0.4) is 0 Å². The number of nitrogens with one attached hydrogen (secondary N) is 1. The molecule has 0 fully saturated rings. The molecule has 3 rings (SSSR count). The molecule has 0 aliphatic rings. The van der Waals surface area contributed by atoms with Gasteiger partial charge in [0.25, 0.3) is 5.91 Å². The topological polar surface area (TPSA) is 111 Å². The Morgan fingerprint density at radius 3 is 2.46 bits per heavy atom. The molecule has 0 bridgehead atoms. The summed E-state index contributed by atoms with van der Waals surface area (Å²) in [5, 5.41) is 14.8. The van der Waals surface area contributed by atoms with Crippen molar-refractivity contribution in [1.82, 2.24) is 4.98 Å².